The van der Waals surface area contributed by atoms with Gasteiger partial charge in [0.2, 0.25) is 0 Å². The molecule has 0 bridgehead atoms. The van der Waals surface area contributed by atoms with E-state index in [9.17, 15) is 4.79 Å². The summed E-state index contributed by atoms with van der Waals surface area (Å²) in [6.45, 7) is 10.2. The maximum Gasteiger partial charge on any atom is 0.410 e. The molecule has 2 aliphatic heterocycles. The van der Waals surface area contributed by atoms with E-state index in [4.69, 9.17) is 4.74 Å². The highest BCUT2D eigenvalue weighted by molar-refractivity contribution is 5.68. The zero-order chi connectivity index (χ0) is 13.7. The number of rotatable bonds is 1. The molecule has 3 rings (SSSR count). The van der Waals surface area contributed by atoms with E-state index in [-0.39, 0.29) is 11.7 Å². The van der Waals surface area contributed by atoms with Crippen molar-refractivity contribution in [3.63, 3.8) is 0 Å². The Kier molecular flexibility index (Phi) is 3.04. The zero-order valence-corrected chi connectivity index (χ0v) is 12.4. The highest BCUT2D eigenvalue weighted by atomic mass is 16.6. The highest BCUT2D eigenvalue weighted by Gasteiger charge is 2.52. The fourth-order valence-corrected chi connectivity index (χ4v) is 3.65. The number of ether oxygens (including phenoxy) is 1. The number of nitrogens with zero attached hydrogens (tertiary/aromatic N) is 2. The molecule has 0 aromatic carbocycles. The first-order chi connectivity index (χ1) is 8.87. The van der Waals surface area contributed by atoms with Crippen LogP contribution < -0.4 is 0 Å². The van der Waals surface area contributed by atoms with Gasteiger partial charge in [0.05, 0.1) is 0 Å². The van der Waals surface area contributed by atoms with Crippen LogP contribution in [0, 0.1) is 5.41 Å². The molecule has 0 aromatic rings. The molecule has 3 fully saturated rings. The van der Waals surface area contributed by atoms with Crippen LogP contribution >= 0.6 is 0 Å². The third kappa shape index (κ3) is 2.60. The van der Waals surface area contributed by atoms with E-state index in [1.54, 1.807) is 0 Å². The van der Waals surface area contributed by atoms with Crippen LogP contribution in [0.1, 0.15) is 46.5 Å². The summed E-state index contributed by atoms with van der Waals surface area (Å²) < 4.78 is 5.47. The van der Waals surface area contributed by atoms with E-state index in [0.29, 0.717) is 5.41 Å². The molecule has 0 aromatic heterocycles. The van der Waals surface area contributed by atoms with Crippen LogP contribution in [0.5, 0.6) is 0 Å². The number of hydrogen-bond acceptors (Lipinski definition) is 3. The van der Waals surface area contributed by atoms with Crippen molar-refractivity contribution in [2.45, 2.75) is 58.1 Å². The summed E-state index contributed by atoms with van der Waals surface area (Å²) in [7, 11) is 0. The Morgan fingerprint density at radius 3 is 2.42 bits per heavy atom. The molecule has 2 saturated heterocycles. The van der Waals surface area contributed by atoms with Gasteiger partial charge in [0.1, 0.15) is 5.60 Å². The van der Waals surface area contributed by atoms with Crippen LogP contribution in [-0.4, -0.2) is 53.7 Å². The molecule has 2 heterocycles. The third-order valence-corrected chi connectivity index (χ3v) is 4.83. The summed E-state index contributed by atoms with van der Waals surface area (Å²) in [5.74, 6) is 0. The predicted molar refractivity (Wildman–Crippen MR) is 74.1 cm³/mol. The quantitative estimate of drug-likeness (QED) is 0.731. The van der Waals surface area contributed by atoms with E-state index in [1.165, 1.54) is 32.4 Å². The molecule has 4 heteroatoms. The minimum Gasteiger partial charge on any atom is -0.444 e. The van der Waals surface area contributed by atoms with Crippen LogP contribution in [0.3, 0.4) is 0 Å². The zero-order valence-electron chi connectivity index (χ0n) is 12.4. The van der Waals surface area contributed by atoms with E-state index < -0.39 is 0 Å². The van der Waals surface area contributed by atoms with Crippen molar-refractivity contribution in [1.29, 1.82) is 0 Å². The van der Waals surface area contributed by atoms with Crippen molar-refractivity contribution in [1.82, 2.24) is 9.80 Å². The number of amides is 1. The SMILES string of the molecule is CC(C)(C)OC(=O)N1CCC2(CC(N3CCC3)C2)C1. The molecule has 0 N–H and O–H groups in total. The summed E-state index contributed by atoms with van der Waals surface area (Å²) in [5.41, 5.74) is 0.0315. The molecule has 1 spiro atoms. The van der Waals surface area contributed by atoms with Crippen molar-refractivity contribution < 1.29 is 9.53 Å². The third-order valence-electron chi connectivity index (χ3n) is 4.83. The molecular formula is C15H26N2O2. The van der Waals surface area contributed by atoms with Crippen molar-refractivity contribution in [2.75, 3.05) is 26.2 Å². The summed E-state index contributed by atoms with van der Waals surface area (Å²) in [6.07, 6.45) is 4.97. The second-order valence-electron chi connectivity index (χ2n) is 7.60. The second-order valence-corrected chi connectivity index (χ2v) is 7.60. The van der Waals surface area contributed by atoms with Crippen LogP contribution in [0.4, 0.5) is 4.79 Å². The van der Waals surface area contributed by atoms with Crippen molar-refractivity contribution in [3.05, 3.63) is 0 Å². The molecule has 0 radical (unpaired) electrons. The van der Waals surface area contributed by atoms with Gasteiger partial charge in [-0.1, -0.05) is 0 Å². The Hall–Kier alpha value is -0.770. The predicted octanol–water partition coefficient (Wildman–Crippen LogP) is 2.48. The summed E-state index contributed by atoms with van der Waals surface area (Å²) in [6, 6.07) is 0.798. The number of carbonyl (C=O) groups is 1. The monoisotopic (exact) mass is 266 g/mol. The first kappa shape index (κ1) is 13.2. The van der Waals surface area contributed by atoms with Gasteiger partial charge in [-0.05, 0) is 65.0 Å². The van der Waals surface area contributed by atoms with Gasteiger partial charge in [0.25, 0.3) is 0 Å². The minimum absolute atomic E-state index is 0.128. The number of likely N-dealkylation sites (tertiary alicyclic amines) is 2. The lowest BCUT2D eigenvalue weighted by Crippen LogP contribution is -2.56. The van der Waals surface area contributed by atoms with Gasteiger partial charge in [0.15, 0.2) is 0 Å². The lowest BCUT2D eigenvalue weighted by atomic mass is 9.64. The van der Waals surface area contributed by atoms with E-state index >= 15 is 0 Å². The molecule has 1 amide bonds. The summed E-state index contributed by atoms with van der Waals surface area (Å²) >= 11 is 0. The minimum atomic E-state index is -0.382. The first-order valence-electron chi connectivity index (χ1n) is 7.59. The molecule has 4 nitrogen and oxygen atoms in total. The average molecular weight is 266 g/mol. The lowest BCUT2D eigenvalue weighted by Gasteiger charge is -2.52. The van der Waals surface area contributed by atoms with Gasteiger partial charge in [-0.2, -0.15) is 0 Å². The molecule has 108 valence electrons. The smallest absolute Gasteiger partial charge is 0.410 e. The van der Waals surface area contributed by atoms with Crippen LogP contribution in [0.2, 0.25) is 0 Å². The highest BCUT2D eigenvalue weighted by Crippen LogP contribution is 2.50. The maximum absolute atomic E-state index is 12.1. The number of hydrogen-bond donors (Lipinski definition) is 0. The van der Waals surface area contributed by atoms with Gasteiger partial charge in [-0.25, -0.2) is 4.79 Å². The lowest BCUT2D eigenvalue weighted by molar-refractivity contribution is -0.0257. The van der Waals surface area contributed by atoms with Crippen LogP contribution in [0.15, 0.2) is 0 Å². The van der Waals surface area contributed by atoms with Gasteiger partial charge >= 0.3 is 6.09 Å². The van der Waals surface area contributed by atoms with Gasteiger partial charge in [0, 0.05) is 19.1 Å². The van der Waals surface area contributed by atoms with Crippen molar-refractivity contribution in [3.8, 4) is 0 Å². The largest absolute Gasteiger partial charge is 0.444 e. The fourth-order valence-electron chi connectivity index (χ4n) is 3.65. The molecule has 0 atom stereocenters. The normalized spacial score (nSPS) is 35.1. The van der Waals surface area contributed by atoms with Crippen molar-refractivity contribution in [2.24, 2.45) is 5.41 Å². The molecular weight excluding hydrogens is 240 g/mol. The summed E-state index contributed by atoms with van der Waals surface area (Å²) in [5, 5.41) is 0. The van der Waals surface area contributed by atoms with Gasteiger partial charge in [-0.15, -0.1) is 0 Å². The number of carbonyl (C=O) groups excluding carboxylic acids is 1. The summed E-state index contributed by atoms with van der Waals surface area (Å²) in [4.78, 5) is 16.6. The molecule has 1 aliphatic carbocycles. The standard InChI is InChI=1S/C15H26N2O2/c1-14(2,3)19-13(18)17-8-5-15(11-17)9-12(10-15)16-6-4-7-16/h12H,4-11H2,1-3H3. The fraction of sp³-hybridized carbons (Fsp3) is 0.933. The van der Waals surface area contributed by atoms with E-state index in [1.807, 2.05) is 25.7 Å². The van der Waals surface area contributed by atoms with Crippen LogP contribution in [0.25, 0.3) is 0 Å². The topological polar surface area (TPSA) is 32.8 Å². The maximum atomic E-state index is 12.1. The van der Waals surface area contributed by atoms with Crippen LogP contribution in [-0.2, 0) is 4.74 Å². The molecule has 19 heavy (non-hydrogen) atoms. The van der Waals surface area contributed by atoms with E-state index in [2.05, 4.69) is 4.90 Å². The van der Waals surface area contributed by atoms with Crippen molar-refractivity contribution >= 4 is 6.09 Å². The second kappa shape index (κ2) is 4.37. The Bertz CT molecular complexity index is 365. The van der Waals surface area contributed by atoms with E-state index in [0.717, 1.165) is 25.6 Å². The Labute approximate surface area is 116 Å². The van der Waals surface area contributed by atoms with Gasteiger partial charge < -0.3 is 14.5 Å². The van der Waals surface area contributed by atoms with Gasteiger partial charge in [-0.3, -0.25) is 0 Å². The molecule has 0 unspecified atom stereocenters. The molecule has 1 saturated carbocycles. The first-order valence-corrected chi connectivity index (χ1v) is 7.59. The molecule has 3 aliphatic rings. The Morgan fingerprint density at radius 1 is 1.21 bits per heavy atom. The Morgan fingerprint density at radius 2 is 1.89 bits per heavy atom. The average Bonchev–Trinajstić information content (AvgIpc) is 2.56. The Balaban J connectivity index is 1.49.